The molecule has 1 aromatic heterocycles. The third kappa shape index (κ3) is 3.47. The van der Waals surface area contributed by atoms with Crippen molar-refractivity contribution in [2.24, 2.45) is 0 Å². The van der Waals surface area contributed by atoms with E-state index in [4.69, 9.17) is 4.74 Å². The van der Waals surface area contributed by atoms with Crippen LogP contribution in [0.3, 0.4) is 0 Å². The minimum atomic E-state index is -3.67. The van der Waals surface area contributed by atoms with Gasteiger partial charge in [-0.05, 0) is 31.9 Å². The minimum Gasteiger partial charge on any atom is -0.383 e. The summed E-state index contributed by atoms with van der Waals surface area (Å²) in [6, 6.07) is 3.45. The van der Waals surface area contributed by atoms with Crippen LogP contribution in [0.4, 0.5) is 5.69 Å². The molecule has 2 heterocycles. The fourth-order valence-corrected chi connectivity index (χ4v) is 3.66. The molecule has 0 bridgehead atoms. The molecule has 2 rings (SSSR count). The Morgan fingerprint density at radius 1 is 1.50 bits per heavy atom. The summed E-state index contributed by atoms with van der Waals surface area (Å²) in [6.07, 6.45) is 3.06. The van der Waals surface area contributed by atoms with Crippen molar-refractivity contribution in [2.75, 3.05) is 25.1 Å². The first-order chi connectivity index (χ1) is 9.47. The van der Waals surface area contributed by atoms with E-state index < -0.39 is 15.6 Å². The topological polar surface area (TPSA) is 80.3 Å². The summed E-state index contributed by atoms with van der Waals surface area (Å²) < 4.78 is 33.0. The van der Waals surface area contributed by atoms with Gasteiger partial charge in [0.1, 0.15) is 0 Å². The molecule has 112 valence electrons. The van der Waals surface area contributed by atoms with Gasteiger partial charge in [0.05, 0.1) is 17.8 Å². The maximum Gasteiger partial charge on any atom is 0.260 e. The van der Waals surface area contributed by atoms with Gasteiger partial charge in [-0.1, -0.05) is 6.92 Å². The summed E-state index contributed by atoms with van der Waals surface area (Å²) in [4.78, 5) is 4.02. The summed E-state index contributed by atoms with van der Waals surface area (Å²) in [7, 11) is -3.67. The van der Waals surface area contributed by atoms with Gasteiger partial charge < -0.3 is 10.1 Å². The predicted molar refractivity (Wildman–Crippen MR) is 77.2 cm³/mol. The van der Waals surface area contributed by atoms with Crippen molar-refractivity contribution in [3.05, 3.63) is 18.3 Å². The quantitative estimate of drug-likeness (QED) is 0.829. The molecule has 0 amide bonds. The van der Waals surface area contributed by atoms with Gasteiger partial charge in [0.15, 0.2) is 5.03 Å². The summed E-state index contributed by atoms with van der Waals surface area (Å²) in [6.45, 7) is 5.53. The second-order valence-electron chi connectivity index (χ2n) is 5.25. The zero-order valence-corrected chi connectivity index (χ0v) is 12.7. The van der Waals surface area contributed by atoms with Gasteiger partial charge in [0.2, 0.25) is 0 Å². The molecule has 1 unspecified atom stereocenters. The maximum atomic E-state index is 12.5. The average molecular weight is 299 g/mol. The number of sulfonamides is 1. The van der Waals surface area contributed by atoms with Crippen LogP contribution in [0.25, 0.3) is 0 Å². The Morgan fingerprint density at radius 3 is 2.95 bits per heavy atom. The van der Waals surface area contributed by atoms with Crippen LogP contribution >= 0.6 is 0 Å². The Hall–Kier alpha value is -1.18. The van der Waals surface area contributed by atoms with Crippen molar-refractivity contribution >= 4 is 15.7 Å². The number of hydrogen-bond acceptors (Lipinski definition) is 5. The largest absolute Gasteiger partial charge is 0.383 e. The lowest BCUT2D eigenvalue weighted by Crippen LogP contribution is -2.46. The first kappa shape index (κ1) is 15.2. The van der Waals surface area contributed by atoms with Crippen LogP contribution in [0, 0.1) is 0 Å². The van der Waals surface area contributed by atoms with Gasteiger partial charge in [0.25, 0.3) is 10.0 Å². The molecule has 6 nitrogen and oxygen atoms in total. The number of nitrogens with one attached hydrogen (secondary N) is 2. The molecular weight excluding hydrogens is 278 g/mol. The molecule has 1 aliphatic rings. The van der Waals surface area contributed by atoms with Crippen molar-refractivity contribution in [3.63, 3.8) is 0 Å². The van der Waals surface area contributed by atoms with Gasteiger partial charge in [-0.3, -0.25) is 0 Å². The summed E-state index contributed by atoms with van der Waals surface area (Å²) in [5.74, 6) is 0. The van der Waals surface area contributed by atoms with Crippen LogP contribution in [-0.2, 0) is 14.8 Å². The van der Waals surface area contributed by atoms with Crippen LogP contribution in [0.5, 0.6) is 0 Å². The highest BCUT2D eigenvalue weighted by Gasteiger charge is 2.35. The first-order valence-corrected chi connectivity index (χ1v) is 8.26. The van der Waals surface area contributed by atoms with E-state index in [9.17, 15) is 8.42 Å². The van der Waals surface area contributed by atoms with Crippen LogP contribution < -0.4 is 10.0 Å². The first-order valence-electron chi connectivity index (χ1n) is 6.77. The Labute approximate surface area is 120 Å². The summed E-state index contributed by atoms with van der Waals surface area (Å²) in [5.41, 5.74) is -0.0253. The lowest BCUT2D eigenvalue weighted by molar-refractivity contribution is 0.178. The van der Waals surface area contributed by atoms with Gasteiger partial charge >= 0.3 is 0 Å². The van der Waals surface area contributed by atoms with E-state index in [-0.39, 0.29) is 5.03 Å². The zero-order valence-electron chi connectivity index (χ0n) is 11.8. The number of rotatable bonds is 6. The molecule has 1 fully saturated rings. The van der Waals surface area contributed by atoms with E-state index in [0.29, 0.717) is 31.9 Å². The van der Waals surface area contributed by atoms with E-state index in [0.717, 1.165) is 6.42 Å². The monoisotopic (exact) mass is 299 g/mol. The van der Waals surface area contributed by atoms with Crippen molar-refractivity contribution in [2.45, 2.75) is 37.3 Å². The number of ether oxygens (including phenoxy) is 1. The molecule has 2 N–H and O–H groups in total. The third-order valence-corrected chi connectivity index (χ3v) is 4.79. The number of anilines is 1. The van der Waals surface area contributed by atoms with Gasteiger partial charge in [-0.25, -0.2) is 18.1 Å². The smallest absolute Gasteiger partial charge is 0.260 e. The van der Waals surface area contributed by atoms with E-state index in [1.54, 1.807) is 12.1 Å². The summed E-state index contributed by atoms with van der Waals surface area (Å²) in [5, 5.41) is 3.14. The molecule has 0 aliphatic carbocycles. The Morgan fingerprint density at radius 2 is 2.30 bits per heavy atom. The Balaban J connectivity index is 2.24. The highest BCUT2D eigenvalue weighted by Crippen LogP contribution is 2.23. The fourth-order valence-electron chi connectivity index (χ4n) is 2.12. The third-order valence-electron chi connectivity index (χ3n) is 3.19. The standard InChI is InChI=1S/C13H21N3O3S/c1-3-7-14-11-5-4-8-15-12(11)20(17,18)16-13(2)6-9-19-10-13/h4-5,8,14,16H,3,6-7,9-10H2,1-2H3. The Bertz CT molecular complexity index is 554. The van der Waals surface area contributed by atoms with Crippen LogP contribution in [-0.4, -0.2) is 38.7 Å². The van der Waals surface area contributed by atoms with Crippen LogP contribution in [0.2, 0.25) is 0 Å². The second-order valence-corrected chi connectivity index (χ2v) is 6.85. The second kappa shape index (κ2) is 6.07. The fraction of sp³-hybridized carbons (Fsp3) is 0.615. The van der Waals surface area contributed by atoms with Gasteiger partial charge in [0, 0.05) is 19.3 Å². The molecule has 0 saturated carbocycles. The number of pyridine rings is 1. The zero-order chi connectivity index (χ0) is 14.6. The number of nitrogens with zero attached hydrogens (tertiary/aromatic N) is 1. The van der Waals surface area contributed by atoms with Crippen molar-refractivity contribution in [1.82, 2.24) is 9.71 Å². The van der Waals surface area contributed by atoms with Gasteiger partial charge in [-0.15, -0.1) is 0 Å². The lowest BCUT2D eigenvalue weighted by Gasteiger charge is -2.23. The van der Waals surface area contributed by atoms with Crippen LogP contribution in [0.1, 0.15) is 26.7 Å². The summed E-state index contributed by atoms with van der Waals surface area (Å²) >= 11 is 0. The average Bonchev–Trinajstić information content (AvgIpc) is 2.82. The molecule has 0 spiro atoms. The molecule has 0 radical (unpaired) electrons. The predicted octanol–water partition coefficient (Wildman–Crippen LogP) is 1.36. The molecular formula is C13H21N3O3S. The maximum absolute atomic E-state index is 12.5. The molecule has 0 aromatic carbocycles. The normalized spacial score (nSPS) is 22.9. The molecule has 1 atom stereocenters. The van der Waals surface area contributed by atoms with E-state index in [2.05, 4.69) is 15.0 Å². The number of hydrogen-bond donors (Lipinski definition) is 2. The van der Waals surface area contributed by atoms with E-state index in [1.165, 1.54) is 6.20 Å². The molecule has 1 saturated heterocycles. The highest BCUT2D eigenvalue weighted by molar-refractivity contribution is 7.89. The molecule has 1 aliphatic heterocycles. The van der Waals surface area contributed by atoms with Gasteiger partial charge in [-0.2, -0.15) is 0 Å². The van der Waals surface area contributed by atoms with Crippen molar-refractivity contribution < 1.29 is 13.2 Å². The molecule has 1 aromatic rings. The minimum absolute atomic E-state index is 0.0431. The molecule has 7 heteroatoms. The lowest BCUT2D eigenvalue weighted by atomic mass is 10.0. The van der Waals surface area contributed by atoms with Crippen molar-refractivity contribution in [1.29, 1.82) is 0 Å². The van der Waals surface area contributed by atoms with E-state index >= 15 is 0 Å². The van der Waals surface area contributed by atoms with Crippen molar-refractivity contribution in [3.8, 4) is 0 Å². The van der Waals surface area contributed by atoms with E-state index in [1.807, 2.05) is 13.8 Å². The number of aromatic nitrogens is 1. The highest BCUT2D eigenvalue weighted by atomic mass is 32.2. The molecule has 20 heavy (non-hydrogen) atoms. The van der Waals surface area contributed by atoms with Crippen LogP contribution in [0.15, 0.2) is 23.4 Å². The SMILES string of the molecule is CCCNc1cccnc1S(=O)(=O)NC1(C)CCOC1. The Kier molecular flexibility index (Phi) is 4.62.